The Hall–Kier alpha value is -0.0500. The van der Waals surface area contributed by atoms with Crippen molar-refractivity contribution in [2.45, 2.75) is 33.6 Å². The zero-order valence-corrected chi connectivity index (χ0v) is 8.43. The van der Waals surface area contributed by atoms with Crippen LogP contribution in [0.25, 0.3) is 0 Å². The van der Waals surface area contributed by atoms with Crippen LogP contribution in [0.5, 0.6) is 0 Å². The van der Waals surface area contributed by atoms with Crippen molar-refractivity contribution in [3.8, 4) is 0 Å². The van der Waals surface area contributed by atoms with Gasteiger partial charge in [0, 0.05) is 0 Å². The number of hydrogen-bond donors (Lipinski definition) is 1. The summed E-state index contributed by atoms with van der Waals surface area (Å²) >= 11 is 0. The van der Waals surface area contributed by atoms with Gasteiger partial charge in [-0.2, -0.15) is 0 Å². The van der Waals surface area contributed by atoms with Crippen LogP contribution in [0.15, 0.2) is 0 Å². The molecule has 0 aliphatic heterocycles. The van der Waals surface area contributed by atoms with Gasteiger partial charge in [-0.1, -0.05) is 27.2 Å². The van der Waals surface area contributed by atoms with Crippen molar-refractivity contribution in [1.29, 1.82) is 0 Å². The topological polar surface area (TPSA) is 34.1 Å². The summed E-state index contributed by atoms with van der Waals surface area (Å²) in [7, 11) is -2.17. The van der Waals surface area contributed by atoms with Crippen LogP contribution in [0, 0.1) is 11.8 Å². The van der Waals surface area contributed by atoms with E-state index in [0.29, 0.717) is 17.6 Å². The highest BCUT2D eigenvalue weighted by Gasteiger charge is 2.04. The normalized spacial score (nSPS) is 14.3. The molecule has 1 atom stereocenters. The fourth-order valence-corrected chi connectivity index (χ4v) is 1.66. The Morgan fingerprint density at radius 1 is 1.09 bits per heavy atom. The molecule has 0 N–H and O–H groups in total. The first-order valence-electron chi connectivity index (χ1n) is 4.14. The Morgan fingerprint density at radius 3 is 2.00 bits per heavy atom. The molecule has 0 radical (unpaired) electrons. The van der Waals surface area contributed by atoms with Crippen molar-refractivity contribution in [1.82, 2.24) is 0 Å². The van der Waals surface area contributed by atoms with Gasteiger partial charge in [0.25, 0.3) is 0 Å². The smallest absolute Gasteiger partial charge is 0.140 e. The lowest BCUT2D eigenvalue weighted by Gasteiger charge is -2.08. The molecular weight excluding hydrogens is 160 g/mol. The van der Waals surface area contributed by atoms with Crippen LogP contribution in [0.3, 0.4) is 0 Å². The highest BCUT2D eigenvalue weighted by atomic mass is 32.2. The third-order valence-corrected chi connectivity index (χ3v) is 2.62. The maximum Gasteiger partial charge on any atom is 0.140 e. The highest BCUT2D eigenvalue weighted by Crippen LogP contribution is 2.11. The van der Waals surface area contributed by atoms with Gasteiger partial charge >= 0.3 is 0 Å². The summed E-state index contributed by atoms with van der Waals surface area (Å²) in [6.07, 6.45) is 2.16. The molecule has 3 heteroatoms. The molecule has 0 fully saturated rings. The molecule has 0 saturated heterocycles. The molecule has 2 nitrogen and oxygen atoms in total. The van der Waals surface area contributed by atoms with Crippen LogP contribution in [0.1, 0.15) is 33.6 Å². The average Bonchev–Trinajstić information content (AvgIpc) is 1.82. The lowest BCUT2D eigenvalue weighted by molar-refractivity contribution is 0.474. The molecule has 1 unspecified atom stereocenters. The Bertz CT molecular complexity index is 153. The largest absolute Gasteiger partial charge is 0.232 e. The van der Waals surface area contributed by atoms with Crippen LogP contribution in [0.2, 0.25) is 0 Å². The molecule has 68 valence electrons. The van der Waals surface area contributed by atoms with Crippen LogP contribution in [-0.2, 0) is 10.7 Å². The summed E-state index contributed by atoms with van der Waals surface area (Å²) < 4.78 is 20.6. The second-order valence-corrected chi connectivity index (χ2v) is 4.62. The van der Waals surface area contributed by atoms with E-state index in [1.54, 1.807) is 0 Å². The summed E-state index contributed by atoms with van der Waals surface area (Å²) in [5, 5.41) is 0. The quantitative estimate of drug-likeness (QED) is 0.650. The molecule has 0 rings (SSSR count). The first-order valence-corrected chi connectivity index (χ1v) is 5.50. The minimum Gasteiger partial charge on any atom is -0.232 e. The van der Waals surface area contributed by atoms with Gasteiger partial charge in [-0.05, 0) is 18.3 Å². The van der Waals surface area contributed by atoms with E-state index < -0.39 is 10.7 Å². The molecule has 0 spiro atoms. The highest BCUT2D eigenvalue weighted by molar-refractivity contribution is 7.72. The zero-order chi connectivity index (χ0) is 8.85. The number of rotatable bonds is 5. The van der Waals surface area contributed by atoms with Crippen LogP contribution >= 0.6 is 0 Å². The van der Waals surface area contributed by atoms with E-state index in [1.165, 1.54) is 0 Å². The molecule has 0 aromatic heterocycles. The van der Waals surface area contributed by atoms with Crippen molar-refractivity contribution >= 4 is 10.7 Å². The van der Waals surface area contributed by atoms with Crippen molar-refractivity contribution in [2.75, 3.05) is 5.75 Å². The number of thiol groups is 1. The second-order valence-electron chi connectivity index (χ2n) is 3.59. The molecule has 0 aromatic rings. The first-order chi connectivity index (χ1) is 5.02. The van der Waals surface area contributed by atoms with E-state index in [4.69, 9.17) is 0 Å². The summed E-state index contributed by atoms with van der Waals surface area (Å²) in [6, 6.07) is 0. The predicted molar refractivity (Wildman–Crippen MR) is 48.4 cm³/mol. The maximum absolute atomic E-state index is 10.3. The van der Waals surface area contributed by atoms with Gasteiger partial charge in [0.15, 0.2) is 0 Å². The molecule has 0 aliphatic rings. The minimum absolute atomic E-state index is 0.332. The standard InChI is InChI=1S/C8H18O2S/c1-7(2)4-5-8(3)6-11(9)10/h7-8,11H,4-6H2,1-3H3. The van der Waals surface area contributed by atoms with E-state index in [2.05, 4.69) is 13.8 Å². The van der Waals surface area contributed by atoms with Gasteiger partial charge in [-0.3, -0.25) is 0 Å². The molecule has 0 aliphatic carbocycles. The molecule has 0 saturated carbocycles. The summed E-state index contributed by atoms with van der Waals surface area (Å²) in [5.41, 5.74) is 0. The maximum atomic E-state index is 10.3. The van der Waals surface area contributed by atoms with Crippen LogP contribution in [-0.4, -0.2) is 14.2 Å². The monoisotopic (exact) mass is 178 g/mol. The van der Waals surface area contributed by atoms with Gasteiger partial charge in [-0.25, -0.2) is 8.42 Å². The van der Waals surface area contributed by atoms with Gasteiger partial charge in [0.2, 0.25) is 0 Å². The van der Waals surface area contributed by atoms with Crippen molar-refractivity contribution in [3.63, 3.8) is 0 Å². The van der Waals surface area contributed by atoms with Crippen molar-refractivity contribution < 1.29 is 8.42 Å². The van der Waals surface area contributed by atoms with E-state index in [-0.39, 0.29) is 0 Å². The van der Waals surface area contributed by atoms with E-state index >= 15 is 0 Å². The molecular formula is C8H18O2S. The molecule has 0 heterocycles. The van der Waals surface area contributed by atoms with Gasteiger partial charge in [0.1, 0.15) is 10.7 Å². The van der Waals surface area contributed by atoms with Crippen LogP contribution < -0.4 is 0 Å². The SMILES string of the molecule is CC(C)CCC(C)C[SH](=O)=O. The Balaban J connectivity index is 3.44. The lowest BCUT2D eigenvalue weighted by Crippen LogP contribution is -2.04. The Labute approximate surface area is 71.0 Å². The third kappa shape index (κ3) is 7.85. The first kappa shape index (κ1) is 11.0. The zero-order valence-electron chi connectivity index (χ0n) is 7.54. The van der Waals surface area contributed by atoms with Crippen LogP contribution in [0.4, 0.5) is 0 Å². The average molecular weight is 178 g/mol. The summed E-state index contributed by atoms with van der Waals surface area (Å²) in [6.45, 7) is 6.31. The summed E-state index contributed by atoms with van der Waals surface area (Å²) in [4.78, 5) is 0. The van der Waals surface area contributed by atoms with E-state index in [0.717, 1.165) is 12.8 Å². The molecule has 0 amide bonds. The predicted octanol–water partition coefficient (Wildman–Crippen LogP) is 1.67. The Morgan fingerprint density at radius 2 is 1.64 bits per heavy atom. The van der Waals surface area contributed by atoms with Gasteiger partial charge in [-0.15, -0.1) is 0 Å². The number of hydrogen-bond acceptors (Lipinski definition) is 2. The Kier molecular flexibility index (Phi) is 5.56. The van der Waals surface area contributed by atoms with Crippen molar-refractivity contribution in [3.05, 3.63) is 0 Å². The lowest BCUT2D eigenvalue weighted by atomic mass is 10.0. The van der Waals surface area contributed by atoms with Gasteiger partial charge in [0.05, 0.1) is 5.75 Å². The third-order valence-electron chi connectivity index (χ3n) is 1.70. The second kappa shape index (κ2) is 5.58. The summed E-state index contributed by atoms with van der Waals surface area (Å²) in [5.74, 6) is 1.36. The fourth-order valence-electron chi connectivity index (χ4n) is 0.964. The van der Waals surface area contributed by atoms with Gasteiger partial charge < -0.3 is 0 Å². The molecule has 11 heavy (non-hydrogen) atoms. The van der Waals surface area contributed by atoms with E-state index in [9.17, 15) is 8.42 Å². The minimum atomic E-state index is -2.17. The van der Waals surface area contributed by atoms with E-state index in [1.807, 2.05) is 6.92 Å². The fraction of sp³-hybridized carbons (Fsp3) is 1.00. The molecule has 0 aromatic carbocycles. The molecule has 0 bridgehead atoms. The van der Waals surface area contributed by atoms with Crippen molar-refractivity contribution in [2.24, 2.45) is 11.8 Å².